The Hall–Kier alpha value is 0.0700. The van der Waals surface area contributed by atoms with Gasteiger partial charge in [0, 0.05) is 6.54 Å². The molecule has 2 atom stereocenters. The van der Waals surface area contributed by atoms with Gasteiger partial charge in [0.1, 0.15) is 0 Å². The highest BCUT2D eigenvalue weighted by atomic mass is 31.2. The minimum atomic E-state index is -3.86. The summed E-state index contributed by atoms with van der Waals surface area (Å²) in [7, 11) is -2.10. The monoisotopic (exact) mass is 295 g/mol. The summed E-state index contributed by atoms with van der Waals surface area (Å²) in [6, 6.07) is 0. The molecule has 0 aromatic carbocycles. The maximum Gasteiger partial charge on any atom is 0.472 e. The van der Waals surface area contributed by atoms with Crippen molar-refractivity contribution in [3.05, 3.63) is 0 Å². The summed E-state index contributed by atoms with van der Waals surface area (Å²) in [5.41, 5.74) is 0. The van der Waals surface area contributed by atoms with Crippen LogP contribution in [0, 0.1) is 11.8 Å². The molecular weight excluding hydrogens is 265 g/mol. The average Bonchev–Trinajstić information content (AvgIpc) is 2.28. The lowest BCUT2D eigenvalue weighted by Crippen LogP contribution is -2.14. The van der Waals surface area contributed by atoms with Gasteiger partial charge in [-0.05, 0) is 25.3 Å². The van der Waals surface area contributed by atoms with Crippen LogP contribution >= 0.6 is 7.82 Å². The number of hydrogen-bond donors (Lipinski definition) is 2. The van der Waals surface area contributed by atoms with Gasteiger partial charge in [0.25, 0.3) is 0 Å². The van der Waals surface area contributed by atoms with Crippen LogP contribution in [-0.4, -0.2) is 31.7 Å². The van der Waals surface area contributed by atoms with E-state index < -0.39 is 7.82 Å². The molecule has 0 heterocycles. The molecule has 0 amide bonds. The highest BCUT2D eigenvalue weighted by molar-refractivity contribution is 7.47. The number of rotatable bonds is 12. The van der Waals surface area contributed by atoms with Gasteiger partial charge in [-0.15, -0.1) is 0 Å². The molecule has 0 fully saturated rings. The van der Waals surface area contributed by atoms with Gasteiger partial charge in [-0.1, -0.05) is 40.0 Å². The third-order valence-electron chi connectivity index (χ3n) is 2.95. The zero-order valence-corrected chi connectivity index (χ0v) is 13.6. The summed E-state index contributed by atoms with van der Waals surface area (Å²) in [5, 5.41) is 2.83. The summed E-state index contributed by atoms with van der Waals surface area (Å²) in [6.07, 6.45) is 4.36. The zero-order chi connectivity index (χ0) is 14.7. The molecule has 0 spiro atoms. The van der Waals surface area contributed by atoms with Crippen LogP contribution in [0.5, 0.6) is 0 Å². The maximum absolute atomic E-state index is 11.5. The second-order valence-electron chi connectivity index (χ2n) is 5.46. The van der Waals surface area contributed by atoms with Gasteiger partial charge < -0.3 is 10.2 Å². The third kappa shape index (κ3) is 12.8. The molecule has 0 saturated heterocycles. The van der Waals surface area contributed by atoms with Crippen LogP contribution in [0.2, 0.25) is 0 Å². The molecule has 0 aliphatic heterocycles. The fourth-order valence-electron chi connectivity index (χ4n) is 1.69. The van der Waals surface area contributed by atoms with Crippen LogP contribution in [0.3, 0.4) is 0 Å². The molecule has 0 aromatic heterocycles. The van der Waals surface area contributed by atoms with Crippen LogP contribution in [0.1, 0.15) is 46.5 Å². The van der Waals surface area contributed by atoms with E-state index in [1.807, 2.05) is 0 Å². The van der Waals surface area contributed by atoms with E-state index in [4.69, 9.17) is 9.05 Å². The van der Waals surface area contributed by atoms with Gasteiger partial charge >= 0.3 is 7.82 Å². The molecule has 2 N–H and O–H groups in total. The molecule has 6 heteroatoms. The standard InChI is InChI=1S/C13H30NO4P/c1-12(2)6-5-7-13(3)8-10-17-19(15,16)18-11-9-14-4/h12-14H,5-11H2,1-4H3,(H,15,16). The lowest BCUT2D eigenvalue weighted by atomic mass is 9.98. The second kappa shape index (κ2) is 10.8. The minimum absolute atomic E-state index is 0.175. The van der Waals surface area contributed by atoms with Crippen molar-refractivity contribution in [3.63, 3.8) is 0 Å². The van der Waals surface area contributed by atoms with Crippen molar-refractivity contribution in [1.82, 2.24) is 5.32 Å². The van der Waals surface area contributed by atoms with Gasteiger partial charge in [-0.3, -0.25) is 9.05 Å². The lowest BCUT2D eigenvalue weighted by molar-refractivity contribution is 0.143. The Bertz CT molecular complexity index is 261. The number of likely N-dealkylation sites (N-methyl/N-ethyl adjacent to an activating group) is 1. The molecule has 0 radical (unpaired) electrons. The fraction of sp³-hybridized carbons (Fsp3) is 1.00. The molecule has 2 unspecified atom stereocenters. The number of phosphoric ester groups is 1. The first-order valence-corrected chi connectivity index (χ1v) is 8.63. The first-order valence-electron chi connectivity index (χ1n) is 7.14. The maximum atomic E-state index is 11.5. The smallest absolute Gasteiger partial charge is 0.317 e. The molecule has 5 nitrogen and oxygen atoms in total. The average molecular weight is 295 g/mol. The molecule has 0 bridgehead atoms. The van der Waals surface area contributed by atoms with E-state index in [9.17, 15) is 9.46 Å². The van der Waals surface area contributed by atoms with Gasteiger partial charge in [0.15, 0.2) is 0 Å². The van der Waals surface area contributed by atoms with Crippen molar-refractivity contribution in [1.29, 1.82) is 0 Å². The van der Waals surface area contributed by atoms with E-state index >= 15 is 0 Å². The Morgan fingerprint density at radius 1 is 1.11 bits per heavy atom. The molecule has 0 aliphatic carbocycles. The summed E-state index contributed by atoms with van der Waals surface area (Å²) in [4.78, 5) is 9.39. The largest absolute Gasteiger partial charge is 0.472 e. The van der Waals surface area contributed by atoms with Crippen molar-refractivity contribution in [2.75, 3.05) is 26.8 Å². The quantitative estimate of drug-likeness (QED) is 0.427. The summed E-state index contributed by atoms with van der Waals surface area (Å²) < 4.78 is 21.2. The summed E-state index contributed by atoms with van der Waals surface area (Å²) in [6.45, 7) is 7.56. The van der Waals surface area contributed by atoms with E-state index in [1.165, 1.54) is 12.8 Å². The number of phosphoric acid groups is 1. The Kier molecular flexibility index (Phi) is 10.8. The normalized spacial score (nSPS) is 16.5. The highest BCUT2D eigenvalue weighted by Gasteiger charge is 2.20. The lowest BCUT2D eigenvalue weighted by Gasteiger charge is -2.15. The van der Waals surface area contributed by atoms with E-state index in [2.05, 4.69) is 26.1 Å². The molecule has 116 valence electrons. The molecule has 0 saturated carbocycles. The zero-order valence-electron chi connectivity index (χ0n) is 12.7. The van der Waals surface area contributed by atoms with E-state index in [-0.39, 0.29) is 13.2 Å². The molecule has 19 heavy (non-hydrogen) atoms. The van der Waals surface area contributed by atoms with E-state index in [1.54, 1.807) is 7.05 Å². The predicted molar refractivity (Wildman–Crippen MR) is 78.1 cm³/mol. The van der Waals surface area contributed by atoms with Crippen LogP contribution in [0.15, 0.2) is 0 Å². The Labute approximate surface area is 117 Å². The first kappa shape index (κ1) is 19.1. The van der Waals surface area contributed by atoms with Gasteiger partial charge in [-0.2, -0.15) is 0 Å². The molecule has 0 rings (SSSR count). The molecular formula is C13H30NO4P. The highest BCUT2D eigenvalue weighted by Crippen LogP contribution is 2.43. The summed E-state index contributed by atoms with van der Waals surface area (Å²) in [5.74, 6) is 1.25. The van der Waals surface area contributed by atoms with Crippen LogP contribution in [0.4, 0.5) is 0 Å². The van der Waals surface area contributed by atoms with Gasteiger partial charge in [0.05, 0.1) is 13.2 Å². The van der Waals surface area contributed by atoms with E-state index in [0.29, 0.717) is 12.5 Å². The van der Waals surface area contributed by atoms with Crippen LogP contribution in [-0.2, 0) is 13.6 Å². The predicted octanol–water partition coefficient (Wildman–Crippen LogP) is 3.19. The fourth-order valence-corrected chi connectivity index (χ4v) is 2.42. The van der Waals surface area contributed by atoms with Crippen molar-refractivity contribution in [2.45, 2.75) is 46.5 Å². The van der Waals surface area contributed by atoms with Crippen molar-refractivity contribution in [2.24, 2.45) is 11.8 Å². The van der Waals surface area contributed by atoms with Gasteiger partial charge in [0.2, 0.25) is 0 Å². The van der Waals surface area contributed by atoms with Crippen LogP contribution < -0.4 is 5.32 Å². The minimum Gasteiger partial charge on any atom is -0.317 e. The second-order valence-corrected chi connectivity index (χ2v) is 6.91. The number of nitrogens with one attached hydrogen (secondary N) is 1. The number of hydrogen-bond acceptors (Lipinski definition) is 4. The Morgan fingerprint density at radius 2 is 1.74 bits per heavy atom. The van der Waals surface area contributed by atoms with E-state index in [0.717, 1.165) is 18.8 Å². The SMILES string of the molecule is CNCCOP(=O)(O)OCCC(C)CCCC(C)C. The van der Waals surface area contributed by atoms with Crippen molar-refractivity contribution >= 4 is 7.82 Å². The topological polar surface area (TPSA) is 67.8 Å². The molecule has 0 aromatic rings. The summed E-state index contributed by atoms with van der Waals surface area (Å²) >= 11 is 0. The van der Waals surface area contributed by atoms with Crippen molar-refractivity contribution < 1.29 is 18.5 Å². The van der Waals surface area contributed by atoms with Gasteiger partial charge in [-0.25, -0.2) is 4.57 Å². The first-order chi connectivity index (χ1) is 8.87. The Balaban J connectivity index is 3.62. The third-order valence-corrected chi connectivity index (χ3v) is 3.97. The molecule has 0 aliphatic rings. The van der Waals surface area contributed by atoms with Crippen LogP contribution in [0.25, 0.3) is 0 Å². The van der Waals surface area contributed by atoms with Crippen molar-refractivity contribution in [3.8, 4) is 0 Å². The Morgan fingerprint density at radius 3 is 2.32 bits per heavy atom.